The van der Waals surface area contributed by atoms with Crippen LogP contribution in [0.1, 0.15) is 5.56 Å². The molecule has 0 aliphatic carbocycles. The summed E-state index contributed by atoms with van der Waals surface area (Å²) in [6, 6.07) is 6.52. The molecule has 1 saturated heterocycles. The third-order valence-electron chi connectivity index (χ3n) is 3.13. The average Bonchev–Trinajstić information content (AvgIpc) is 2.33. The number of hydrogen-bond donors (Lipinski definition) is 1. The highest BCUT2D eigenvalue weighted by Gasteiger charge is 2.31. The summed E-state index contributed by atoms with van der Waals surface area (Å²) < 4.78 is 0. The van der Waals surface area contributed by atoms with Gasteiger partial charge in [0.2, 0.25) is 5.91 Å². The van der Waals surface area contributed by atoms with Gasteiger partial charge in [0.15, 0.2) is 0 Å². The second-order valence-electron chi connectivity index (χ2n) is 4.43. The van der Waals surface area contributed by atoms with E-state index in [1.165, 1.54) is 12.1 Å². The smallest absolute Gasteiger partial charge is 0.269 e. The van der Waals surface area contributed by atoms with Crippen molar-refractivity contribution in [1.82, 2.24) is 10.2 Å². The summed E-state index contributed by atoms with van der Waals surface area (Å²) in [6.45, 7) is 2.22. The molecule has 1 aromatic rings. The number of rotatable bonds is 4. The van der Waals surface area contributed by atoms with Crippen molar-refractivity contribution in [2.45, 2.75) is 6.54 Å². The molecule has 1 amide bonds. The molecule has 1 fully saturated rings. The normalized spacial score (nSPS) is 16.1. The molecule has 1 aromatic carbocycles. The molecule has 96 valence electrons. The van der Waals surface area contributed by atoms with Crippen LogP contribution in [0.5, 0.6) is 0 Å². The second-order valence-corrected chi connectivity index (χ2v) is 4.43. The summed E-state index contributed by atoms with van der Waals surface area (Å²) in [5.74, 6) is 0.156. The molecule has 1 aliphatic heterocycles. The second kappa shape index (κ2) is 5.14. The predicted octanol–water partition coefficient (Wildman–Crippen LogP) is 0.773. The molecular weight excluding hydrogens is 234 g/mol. The van der Waals surface area contributed by atoms with E-state index >= 15 is 0 Å². The van der Waals surface area contributed by atoms with Gasteiger partial charge in [0, 0.05) is 38.8 Å². The van der Waals surface area contributed by atoms with Crippen LogP contribution in [-0.4, -0.2) is 35.9 Å². The number of nitro benzene ring substituents is 1. The van der Waals surface area contributed by atoms with Crippen molar-refractivity contribution < 1.29 is 9.72 Å². The van der Waals surface area contributed by atoms with Gasteiger partial charge in [0.05, 0.1) is 10.8 Å². The molecule has 6 heteroatoms. The standard InChI is InChI=1S/C12H15N3O3/c1-13-12(16)10-7-14(8-10)6-9-2-4-11(5-3-9)15(17)18/h2-5,10H,6-8H2,1H3,(H,13,16). The molecule has 1 heterocycles. The largest absolute Gasteiger partial charge is 0.359 e. The number of benzene rings is 1. The third-order valence-corrected chi connectivity index (χ3v) is 3.13. The van der Waals surface area contributed by atoms with Gasteiger partial charge in [-0.1, -0.05) is 12.1 Å². The van der Waals surface area contributed by atoms with Gasteiger partial charge < -0.3 is 5.32 Å². The molecular formula is C12H15N3O3. The van der Waals surface area contributed by atoms with E-state index in [1.54, 1.807) is 19.2 Å². The van der Waals surface area contributed by atoms with Crippen LogP contribution in [0, 0.1) is 16.0 Å². The summed E-state index contributed by atoms with van der Waals surface area (Å²) in [5.41, 5.74) is 1.13. The van der Waals surface area contributed by atoms with Crippen LogP contribution in [0.4, 0.5) is 5.69 Å². The molecule has 6 nitrogen and oxygen atoms in total. The molecule has 0 saturated carbocycles. The van der Waals surface area contributed by atoms with Crippen molar-refractivity contribution in [3.63, 3.8) is 0 Å². The zero-order valence-corrected chi connectivity index (χ0v) is 10.1. The molecule has 1 aliphatic rings. The minimum atomic E-state index is -0.408. The van der Waals surface area contributed by atoms with Crippen LogP contribution >= 0.6 is 0 Å². The summed E-state index contributed by atoms with van der Waals surface area (Å²) in [5, 5.41) is 13.1. The first-order chi connectivity index (χ1) is 8.60. The molecule has 2 rings (SSSR count). The number of amides is 1. The first kappa shape index (κ1) is 12.5. The first-order valence-corrected chi connectivity index (χ1v) is 5.77. The Kier molecular flexibility index (Phi) is 3.57. The number of carbonyl (C=O) groups is 1. The number of nitrogens with one attached hydrogen (secondary N) is 1. The Morgan fingerprint density at radius 1 is 1.44 bits per heavy atom. The summed E-state index contributed by atoms with van der Waals surface area (Å²) in [7, 11) is 1.64. The van der Waals surface area contributed by atoms with E-state index in [4.69, 9.17) is 0 Å². The Hall–Kier alpha value is -1.95. The van der Waals surface area contributed by atoms with Gasteiger partial charge in [-0.25, -0.2) is 0 Å². The lowest BCUT2D eigenvalue weighted by molar-refractivity contribution is -0.384. The van der Waals surface area contributed by atoms with Gasteiger partial charge in [-0.05, 0) is 5.56 Å². The maximum atomic E-state index is 11.3. The van der Waals surface area contributed by atoms with Gasteiger partial charge in [-0.2, -0.15) is 0 Å². The van der Waals surface area contributed by atoms with Crippen molar-refractivity contribution in [3.8, 4) is 0 Å². The maximum Gasteiger partial charge on any atom is 0.269 e. The fourth-order valence-electron chi connectivity index (χ4n) is 2.05. The van der Waals surface area contributed by atoms with E-state index in [9.17, 15) is 14.9 Å². The zero-order chi connectivity index (χ0) is 13.1. The monoisotopic (exact) mass is 249 g/mol. The summed E-state index contributed by atoms with van der Waals surface area (Å²) >= 11 is 0. The molecule has 0 atom stereocenters. The molecule has 0 spiro atoms. The Morgan fingerprint density at radius 3 is 2.56 bits per heavy atom. The van der Waals surface area contributed by atoms with E-state index in [0.29, 0.717) is 0 Å². The highest BCUT2D eigenvalue weighted by Crippen LogP contribution is 2.20. The van der Waals surface area contributed by atoms with Gasteiger partial charge in [0.1, 0.15) is 0 Å². The van der Waals surface area contributed by atoms with Crippen molar-refractivity contribution in [3.05, 3.63) is 39.9 Å². The Labute approximate surface area is 105 Å². The van der Waals surface area contributed by atoms with Crippen molar-refractivity contribution in [2.24, 2.45) is 5.92 Å². The number of hydrogen-bond acceptors (Lipinski definition) is 4. The van der Waals surface area contributed by atoms with E-state index < -0.39 is 4.92 Å². The Balaban J connectivity index is 1.85. The highest BCUT2D eigenvalue weighted by atomic mass is 16.6. The topological polar surface area (TPSA) is 75.5 Å². The molecule has 18 heavy (non-hydrogen) atoms. The van der Waals surface area contributed by atoms with Gasteiger partial charge in [-0.3, -0.25) is 19.8 Å². The van der Waals surface area contributed by atoms with Crippen LogP contribution in [0.2, 0.25) is 0 Å². The average molecular weight is 249 g/mol. The quantitative estimate of drug-likeness (QED) is 0.631. The molecule has 0 aromatic heterocycles. The van der Waals surface area contributed by atoms with E-state index in [-0.39, 0.29) is 17.5 Å². The van der Waals surface area contributed by atoms with E-state index in [1.807, 2.05) is 0 Å². The van der Waals surface area contributed by atoms with E-state index in [0.717, 1.165) is 25.2 Å². The molecule has 0 bridgehead atoms. The molecule has 1 N–H and O–H groups in total. The van der Waals surface area contributed by atoms with Crippen LogP contribution in [0.3, 0.4) is 0 Å². The highest BCUT2D eigenvalue weighted by molar-refractivity contribution is 5.79. The molecule has 0 unspecified atom stereocenters. The Morgan fingerprint density at radius 2 is 2.06 bits per heavy atom. The van der Waals surface area contributed by atoms with Gasteiger partial charge in [0.25, 0.3) is 5.69 Å². The summed E-state index contributed by atoms with van der Waals surface area (Å²) in [4.78, 5) is 23.5. The lowest BCUT2D eigenvalue weighted by Gasteiger charge is -2.37. The minimum absolute atomic E-state index is 0.0769. The summed E-state index contributed by atoms with van der Waals surface area (Å²) in [6.07, 6.45) is 0. The number of nitrogens with zero attached hydrogens (tertiary/aromatic N) is 2. The van der Waals surface area contributed by atoms with Crippen LogP contribution in [0.15, 0.2) is 24.3 Å². The van der Waals surface area contributed by atoms with Crippen LogP contribution in [-0.2, 0) is 11.3 Å². The fourth-order valence-corrected chi connectivity index (χ4v) is 2.05. The lowest BCUT2D eigenvalue weighted by atomic mass is 9.98. The number of nitro groups is 1. The van der Waals surface area contributed by atoms with Gasteiger partial charge >= 0.3 is 0 Å². The fraction of sp³-hybridized carbons (Fsp3) is 0.417. The van der Waals surface area contributed by atoms with Crippen molar-refractivity contribution in [1.29, 1.82) is 0 Å². The number of carbonyl (C=O) groups excluding carboxylic acids is 1. The van der Waals surface area contributed by atoms with Crippen LogP contribution < -0.4 is 5.32 Å². The SMILES string of the molecule is CNC(=O)C1CN(Cc2ccc([N+](=O)[O-])cc2)C1. The van der Waals surface area contributed by atoms with E-state index in [2.05, 4.69) is 10.2 Å². The van der Waals surface area contributed by atoms with Crippen molar-refractivity contribution >= 4 is 11.6 Å². The minimum Gasteiger partial charge on any atom is -0.359 e. The van der Waals surface area contributed by atoms with Crippen LogP contribution in [0.25, 0.3) is 0 Å². The zero-order valence-electron chi connectivity index (χ0n) is 10.1. The Bertz CT molecular complexity index is 452. The van der Waals surface area contributed by atoms with Crippen molar-refractivity contribution in [2.75, 3.05) is 20.1 Å². The molecule has 0 radical (unpaired) electrons. The third kappa shape index (κ3) is 2.65. The number of likely N-dealkylation sites (tertiary alicyclic amines) is 1. The lowest BCUT2D eigenvalue weighted by Crippen LogP contribution is -2.52. The number of non-ortho nitro benzene ring substituents is 1. The van der Waals surface area contributed by atoms with Gasteiger partial charge in [-0.15, -0.1) is 0 Å². The predicted molar refractivity (Wildman–Crippen MR) is 65.9 cm³/mol. The maximum absolute atomic E-state index is 11.3. The first-order valence-electron chi connectivity index (χ1n) is 5.77.